The van der Waals surface area contributed by atoms with Crippen molar-refractivity contribution >= 4 is 11.6 Å². The number of hydrogen-bond acceptors (Lipinski definition) is 3. The summed E-state index contributed by atoms with van der Waals surface area (Å²) in [4.78, 5) is 10.3. The normalized spacial score (nSPS) is 28.3. The molecule has 0 spiro atoms. The molecular weight excluding hydrogens is 262 g/mol. The summed E-state index contributed by atoms with van der Waals surface area (Å²) in [6.45, 7) is 8.65. The molecule has 2 unspecified atom stereocenters. The second kappa shape index (κ2) is 8.28. The summed E-state index contributed by atoms with van der Waals surface area (Å²) in [6, 6.07) is 0. The number of hydrogen-bond donors (Lipinski definition) is 0. The van der Waals surface area contributed by atoms with Gasteiger partial charge in [0.1, 0.15) is 0 Å². The lowest BCUT2D eigenvalue weighted by molar-refractivity contribution is 0.0706. The SMILES string of the molecule is C=C/C=C1\C(=C(/C)Cl)C(OCC)CCC1CCN=O. The van der Waals surface area contributed by atoms with Gasteiger partial charge in [-0.3, -0.25) is 0 Å². The van der Waals surface area contributed by atoms with Crippen molar-refractivity contribution in [2.24, 2.45) is 11.1 Å². The molecule has 1 aliphatic rings. The molecule has 19 heavy (non-hydrogen) atoms. The van der Waals surface area contributed by atoms with Gasteiger partial charge in [-0.15, -0.1) is 0 Å². The van der Waals surface area contributed by atoms with Crippen LogP contribution in [0.4, 0.5) is 0 Å². The van der Waals surface area contributed by atoms with Gasteiger partial charge in [0.2, 0.25) is 0 Å². The van der Waals surface area contributed by atoms with E-state index in [-0.39, 0.29) is 6.10 Å². The molecule has 0 heterocycles. The number of allylic oxidation sites excluding steroid dienone is 3. The Morgan fingerprint density at radius 3 is 2.84 bits per heavy atom. The summed E-state index contributed by atoms with van der Waals surface area (Å²) >= 11 is 6.26. The number of ether oxygens (including phenoxy) is 1. The van der Waals surface area contributed by atoms with Crippen LogP contribution in [0.15, 0.2) is 40.1 Å². The zero-order chi connectivity index (χ0) is 14.3. The molecule has 0 radical (unpaired) electrons. The van der Waals surface area contributed by atoms with E-state index in [2.05, 4.69) is 11.8 Å². The molecular formula is C15H22ClNO2. The molecule has 0 N–H and O–H groups in total. The third kappa shape index (κ3) is 4.29. The van der Waals surface area contributed by atoms with E-state index in [1.54, 1.807) is 6.08 Å². The van der Waals surface area contributed by atoms with Gasteiger partial charge in [-0.1, -0.05) is 35.5 Å². The third-order valence-electron chi connectivity index (χ3n) is 3.46. The highest BCUT2D eigenvalue weighted by atomic mass is 35.5. The maximum Gasteiger partial charge on any atom is 0.0838 e. The topological polar surface area (TPSA) is 38.7 Å². The monoisotopic (exact) mass is 283 g/mol. The quantitative estimate of drug-likeness (QED) is 0.669. The van der Waals surface area contributed by atoms with Crippen molar-refractivity contribution in [3.63, 3.8) is 0 Å². The van der Waals surface area contributed by atoms with Crippen molar-refractivity contribution in [1.82, 2.24) is 0 Å². The Bertz CT molecular complexity index is 384. The first-order valence-corrected chi connectivity index (χ1v) is 7.13. The maximum absolute atomic E-state index is 10.3. The van der Waals surface area contributed by atoms with Crippen molar-refractivity contribution in [3.05, 3.63) is 39.8 Å². The van der Waals surface area contributed by atoms with Gasteiger partial charge in [0, 0.05) is 11.6 Å². The van der Waals surface area contributed by atoms with Crippen LogP contribution in [0.5, 0.6) is 0 Å². The zero-order valence-electron chi connectivity index (χ0n) is 11.7. The number of nitrogens with zero attached hydrogens (tertiary/aromatic N) is 1. The molecule has 4 heteroatoms. The van der Waals surface area contributed by atoms with Crippen LogP contribution < -0.4 is 0 Å². The Kier molecular flexibility index (Phi) is 7.03. The van der Waals surface area contributed by atoms with Crippen LogP contribution in [-0.2, 0) is 4.74 Å². The van der Waals surface area contributed by atoms with Crippen molar-refractivity contribution in [1.29, 1.82) is 0 Å². The highest BCUT2D eigenvalue weighted by Crippen LogP contribution is 2.40. The van der Waals surface area contributed by atoms with E-state index in [0.29, 0.717) is 19.1 Å². The minimum atomic E-state index is 0.0501. The lowest BCUT2D eigenvalue weighted by Crippen LogP contribution is -2.28. The molecule has 1 saturated carbocycles. The van der Waals surface area contributed by atoms with E-state index < -0.39 is 0 Å². The van der Waals surface area contributed by atoms with Crippen LogP contribution in [0.3, 0.4) is 0 Å². The molecule has 1 rings (SSSR count). The van der Waals surface area contributed by atoms with E-state index in [9.17, 15) is 4.91 Å². The van der Waals surface area contributed by atoms with Gasteiger partial charge in [0.25, 0.3) is 0 Å². The molecule has 0 saturated heterocycles. The molecule has 0 bridgehead atoms. The lowest BCUT2D eigenvalue weighted by Gasteiger charge is -2.34. The van der Waals surface area contributed by atoms with Gasteiger partial charge < -0.3 is 4.74 Å². The highest BCUT2D eigenvalue weighted by molar-refractivity contribution is 6.29. The minimum Gasteiger partial charge on any atom is -0.374 e. The fourth-order valence-electron chi connectivity index (χ4n) is 2.71. The number of rotatable bonds is 6. The average Bonchev–Trinajstić information content (AvgIpc) is 2.38. The molecule has 106 valence electrons. The van der Waals surface area contributed by atoms with Crippen molar-refractivity contribution in [2.75, 3.05) is 13.2 Å². The van der Waals surface area contributed by atoms with Crippen LogP contribution in [0.2, 0.25) is 0 Å². The van der Waals surface area contributed by atoms with Crippen LogP contribution in [-0.4, -0.2) is 19.3 Å². The molecule has 2 atom stereocenters. The summed E-state index contributed by atoms with van der Waals surface area (Å²) in [7, 11) is 0. The Balaban J connectivity index is 3.05. The summed E-state index contributed by atoms with van der Waals surface area (Å²) in [5.41, 5.74) is 2.21. The predicted molar refractivity (Wildman–Crippen MR) is 80.3 cm³/mol. The van der Waals surface area contributed by atoms with E-state index in [4.69, 9.17) is 16.3 Å². The van der Waals surface area contributed by atoms with E-state index in [1.807, 2.05) is 19.9 Å². The van der Waals surface area contributed by atoms with Crippen LogP contribution in [0, 0.1) is 10.8 Å². The summed E-state index contributed by atoms with van der Waals surface area (Å²) in [5, 5.41) is 3.73. The van der Waals surface area contributed by atoms with Crippen LogP contribution in [0.25, 0.3) is 0 Å². The third-order valence-corrected chi connectivity index (χ3v) is 3.66. The van der Waals surface area contributed by atoms with E-state index >= 15 is 0 Å². The molecule has 0 aromatic heterocycles. The highest BCUT2D eigenvalue weighted by Gasteiger charge is 2.31. The standard InChI is InChI=1S/C15H22ClNO2/c1-4-6-13-12(9-10-17-18)7-8-14(19-5-2)15(13)11(3)16/h4,6,12,14H,1,5,7-10H2,2-3H3/b13-6-,15-11-. The van der Waals surface area contributed by atoms with E-state index in [1.165, 1.54) is 0 Å². The maximum atomic E-state index is 10.3. The summed E-state index contributed by atoms with van der Waals surface area (Å²) in [5.74, 6) is 0.316. The first kappa shape index (κ1) is 16.1. The molecule has 0 aromatic carbocycles. The Labute approximate surface area is 120 Å². The fourth-order valence-corrected chi connectivity index (χ4v) is 2.94. The molecule has 0 aromatic rings. The number of nitroso groups, excluding NO2 is 1. The lowest BCUT2D eigenvalue weighted by atomic mass is 9.77. The number of halogens is 1. The van der Waals surface area contributed by atoms with Gasteiger partial charge in [-0.05, 0) is 50.2 Å². The second-order valence-corrected chi connectivity index (χ2v) is 5.23. The first-order valence-electron chi connectivity index (χ1n) is 6.75. The van der Waals surface area contributed by atoms with Gasteiger partial charge in [-0.2, -0.15) is 4.91 Å². The smallest absolute Gasteiger partial charge is 0.0838 e. The van der Waals surface area contributed by atoms with E-state index in [0.717, 1.165) is 35.4 Å². The average molecular weight is 284 g/mol. The molecule has 3 nitrogen and oxygen atoms in total. The summed E-state index contributed by atoms with van der Waals surface area (Å²) in [6.07, 6.45) is 6.50. The van der Waals surface area contributed by atoms with Crippen molar-refractivity contribution in [2.45, 2.75) is 39.2 Å². The Hall–Kier alpha value is -0.930. The fraction of sp³-hybridized carbons (Fsp3) is 0.600. The predicted octanol–water partition coefficient (Wildman–Crippen LogP) is 4.58. The van der Waals surface area contributed by atoms with Crippen molar-refractivity contribution in [3.8, 4) is 0 Å². The minimum absolute atomic E-state index is 0.0501. The Morgan fingerprint density at radius 2 is 2.32 bits per heavy atom. The van der Waals surface area contributed by atoms with Crippen LogP contribution in [0.1, 0.15) is 33.1 Å². The molecule has 0 aliphatic heterocycles. The van der Waals surface area contributed by atoms with Crippen molar-refractivity contribution < 1.29 is 4.74 Å². The van der Waals surface area contributed by atoms with Gasteiger partial charge in [0.05, 0.1) is 12.6 Å². The molecule has 0 amide bonds. The van der Waals surface area contributed by atoms with Crippen LogP contribution >= 0.6 is 11.6 Å². The largest absolute Gasteiger partial charge is 0.374 e. The van der Waals surface area contributed by atoms with Gasteiger partial charge >= 0.3 is 0 Å². The zero-order valence-corrected chi connectivity index (χ0v) is 12.4. The first-order chi connectivity index (χ1) is 9.15. The summed E-state index contributed by atoms with van der Waals surface area (Å²) < 4.78 is 5.78. The van der Waals surface area contributed by atoms with Gasteiger partial charge in [0.15, 0.2) is 0 Å². The molecule has 1 fully saturated rings. The second-order valence-electron chi connectivity index (χ2n) is 4.66. The Morgan fingerprint density at radius 1 is 1.58 bits per heavy atom. The van der Waals surface area contributed by atoms with Gasteiger partial charge in [-0.25, -0.2) is 0 Å². The molecule has 1 aliphatic carbocycles.